The minimum Gasteiger partial charge on any atom is -0.339 e. The first-order valence-electron chi connectivity index (χ1n) is 4.79. The summed E-state index contributed by atoms with van der Waals surface area (Å²) in [6, 6.07) is 5.25. The van der Waals surface area contributed by atoms with Crippen molar-refractivity contribution in [1.82, 2.24) is 9.97 Å². The van der Waals surface area contributed by atoms with Gasteiger partial charge < -0.3 is 5.32 Å². The second kappa shape index (κ2) is 5.65. The highest BCUT2D eigenvalue weighted by atomic mass is 79.9. The van der Waals surface area contributed by atoms with Gasteiger partial charge in [-0.15, -0.1) is 0 Å². The van der Waals surface area contributed by atoms with E-state index in [0.29, 0.717) is 17.1 Å². The van der Waals surface area contributed by atoms with Crippen LogP contribution in [-0.2, 0) is 0 Å². The Morgan fingerprint density at radius 2 is 2.06 bits per heavy atom. The van der Waals surface area contributed by atoms with E-state index in [1.165, 1.54) is 6.33 Å². The summed E-state index contributed by atoms with van der Waals surface area (Å²) < 4.78 is 0.738. The van der Waals surface area contributed by atoms with Crippen molar-refractivity contribution in [3.63, 3.8) is 0 Å². The molecule has 18 heavy (non-hydrogen) atoms. The van der Waals surface area contributed by atoms with E-state index in [0.717, 1.165) is 10.2 Å². The monoisotopic (exact) mass is 345 g/mol. The molecule has 0 spiro atoms. The summed E-state index contributed by atoms with van der Waals surface area (Å²) in [4.78, 5) is 18.6. The first kappa shape index (κ1) is 13.3. The van der Waals surface area contributed by atoms with E-state index >= 15 is 0 Å². The molecular weight excluding hydrogens is 341 g/mol. The van der Waals surface area contributed by atoms with Gasteiger partial charge in [0.05, 0.1) is 10.6 Å². The number of nitrogens with zero attached hydrogens (tertiary/aromatic N) is 2. The predicted octanol–water partition coefficient (Wildman–Crippen LogP) is 4.10. The molecule has 92 valence electrons. The van der Waals surface area contributed by atoms with E-state index in [9.17, 15) is 4.79 Å². The van der Waals surface area contributed by atoms with Crippen LogP contribution in [-0.4, -0.2) is 16.3 Å². The van der Waals surface area contributed by atoms with Crippen molar-refractivity contribution in [3.8, 4) is 0 Å². The van der Waals surface area contributed by atoms with Crippen LogP contribution in [0.25, 0.3) is 0 Å². The number of nitrogens with one attached hydrogen (secondary N) is 1. The van der Waals surface area contributed by atoms with Gasteiger partial charge in [0.2, 0.25) is 0 Å². The van der Waals surface area contributed by atoms with Gasteiger partial charge in [-0.05, 0) is 34.1 Å². The summed E-state index contributed by atoms with van der Waals surface area (Å²) >= 11 is 15.0. The van der Waals surface area contributed by atoms with E-state index < -0.39 is 0 Å². The molecule has 0 saturated carbocycles. The molecule has 1 N–H and O–H groups in total. The molecule has 1 aromatic heterocycles. The maximum absolute atomic E-state index is 10.9. The van der Waals surface area contributed by atoms with Crippen molar-refractivity contribution < 1.29 is 4.79 Å². The quantitative estimate of drug-likeness (QED) is 0.671. The highest BCUT2D eigenvalue weighted by molar-refractivity contribution is 9.10. The zero-order valence-corrected chi connectivity index (χ0v) is 11.9. The lowest BCUT2D eigenvalue weighted by Crippen LogP contribution is -2.00. The SMILES string of the molecule is O=Cc1c(Cl)ncnc1Nc1ccc(Cl)c(Br)c1. The lowest BCUT2D eigenvalue weighted by Gasteiger charge is -2.08. The molecule has 0 atom stereocenters. The third kappa shape index (κ3) is 2.80. The van der Waals surface area contributed by atoms with Crippen molar-refractivity contribution in [2.24, 2.45) is 0 Å². The second-order valence-electron chi connectivity index (χ2n) is 3.30. The molecule has 0 aliphatic carbocycles. The summed E-state index contributed by atoms with van der Waals surface area (Å²) in [6.07, 6.45) is 1.89. The largest absolute Gasteiger partial charge is 0.339 e. The van der Waals surface area contributed by atoms with Crippen LogP contribution in [0.3, 0.4) is 0 Å². The third-order valence-electron chi connectivity index (χ3n) is 2.14. The van der Waals surface area contributed by atoms with Gasteiger partial charge in [0.25, 0.3) is 0 Å². The Balaban J connectivity index is 2.36. The van der Waals surface area contributed by atoms with Crippen molar-refractivity contribution in [1.29, 1.82) is 0 Å². The third-order valence-corrected chi connectivity index (χ3v) is 3.65. The van der Waals surface area contributed by atoms with Gasteiger partial charge in [-0.2, -0.15) is 0 Å². The van der Waals surface area contributed by atoms with Crippen LogP contribution in [0.1, 0.15) is 10.4 Å². The van der Waals surface area contributed by atoms with Crippen LogP contribution in [0.2, 0.25) is 10.2 Å². The summed E-state index contributed by atoms with van der Waals surface area (Å²) in [5.41, 5.74) is 0.939. The maximum atomic E-state index is 10.9. The fraction of sp³-hybridized carbons (Fsp3) is 0. The minimum absolute atomic E-state index is 0.107. The Kier molecular flexibility index (Phi) is 4.16. The van der Waals surface area contributed by atoms with Gasteiger partial charge >= 0.3 is 0 Å². The zero-order chi connectivity index (χ0) is 13.1. The average Bonchev–Trinajstić information content (AvgIpc) is 2.34. The van der Waals surface area contributed by atoms with Gasteiger partial charge in [-0.3, -0.25) is 4.79 Å². The van der Waals surface area contributed by atoms with Gasteiger partial charge in [0.15, 0.2) is 6.29 Å². The highest BCUT2D eigenvalue weighted by Crippen LogP contribution is 2.28. The van der Waals surface area contributed by atoms with Gasteiger partial charge in [0, 0.05) is 10.2 Å². The number of aldehydes is 1. The lowest BCUT2D eigenvalue weighted by molar-refractivity contribution is 0.112. The molecule has 7 heteroatoms. The summed E-state index contributed by atoms with van der Waals surface area (Å²) in [6.45, 7) is 0. The molecule has 0 aliphatic heterocycles. The van der Waals surface area contributed by atoms with Crippen LogP contribution >= 0.6 is 39.1 Å². The molecule has 0 unspecified atom stereocenters. The van der Waals surface area contributed by atoms with Crippen LogP contribution in [0.15, 0.2) is 29.0 Å². The lowest BCUT2D eigenvalue weighted by atomic mass is 10.3. The second-order valence-corrected chi connectivity index (χ2v) is 4.92. The van der Waals surface area contributed by atoms with Crippen molar-refractivity contribution >= 4 is 56.9 Å². The number of halogens is 3. The summed E-state index contributed by atoms with van der Waals surface area (Å²) in [5.74, 6) is 0.347. The van der Waals surface area contributed by atoms with E-state index in [1.54, 1.807) is 18.2 Å². The molecule has 2 aromatic rings. The molecule has 0 aliphatic rings. The van der Waals surface area contributed by atoms with Crippen LogP contribution < -0.4 is 5.32 Å². The molecule has 0 fully saturated rings. The number of anilines is 2. The Labute approximate surface area is 121 Å². The molecule has 0 bridgehead atoms. The topological polar surface area (TPSA) is 54.9 Å². The van der Waals surface area contributed by atoms with Crippen LogP contribution in [0.4, 0.5) is 11.5 Å². The summed E-state index contributed by atoms with van der Waals surface area (Å²) in [7, 11) is 0. The van der Waals surface area contributed by atoms with Crippen LogP contribution in [0.5, 0.6) is 0 Å². The molecule has 2 rings (SSSR count). The molecule has 0 amide bonds. The number of carbonyl (C=O) groups is 1. The van der Waals surface area contributed by atoms with E-state index in [1.807, 2.05) is 0 Å². The van der Waals surface area contributed by atoms with Gasteiger partial charge in [-0.25, -0.2) is 9.97 Å². The Bertz CT molecular complexity index is 607. The number of carbonyl (C=O) groups excluding carboxylic acids is 1. The Morgan fingerprint density at radius 1 is 1.28 bits per heavy atom. The van der Waals surface area contributed by atoms with E-state index in [2.05, 4.69) is 31.2 Å². The number of rotatable bonds is 3. The van der Waals surface area contributed by atoms with Gasteiger partial charge in [0.1, 0.15) is 17.3 Å². The number of hydrogen-bond donors (Lipinski definition) is 1. The molecule has 0 saturated heterocycles. The summed E-state index contributed by atoms with van der Waals surface area (Å²) in [5, 5.41) is 3.68. The van der Waals surface area contributed by atoms with Crippen LogP contribution in [0, 0.1) is 0 Å². The number of aromatic nitrogens is 2. The number of hydrogen-bond acceptors (Lipinski definition) is 4. The fourth-order valence-electron chi connectivity index (χ4n) is 1.29. The zero-order valence-electron chi connectivity index (χ0n) is 8.82. The molecule has 4 nitrogen and oxygen atoms in total. The smallest absolute Gasteiger partial charge is 0.156 e. The number of benzene rings is 1. The normalized spacial score (nSPS) is 10.2. The van der Waals surface area contributed by atoms with E-state index in [-0.39, 0.29) is 10.7 Å². The molecule has 1 aromatic carbocycles. The van der Waals surface area contributed by atoms with Crippen molar-refractivity contribution in [3.05, 3.63) is 44.7 Å². The molecule has 1 heterocycles. The van der Waals surface area contributed by atoms with E-state index in [4.69, 9.17) is 23.2 Å². The van der Waals surface area contributed by atoms with Crippen molar-refractivity contribution in [2.45, 2.75) is 0 Å². The standard InChI is InChI=1S/C11H6BrCl2N3O/c12-8-3-6(1-2-9(8)13)17-11-7(4-18)10(14)15-5-16-11/h1-5H,(H,15,16,17). The highest BCUT2D eigenvalue weighted by Gasteiger charge is 2.09. The fourth-order valence-corrected chi connectivity index (χ4v) is 1.96. The van der Waals surface area contributed by atoms with Gasteiger partial charge in [-0.1, -0.05) is 23.2 Å². The van der Waals surface area contributed by atoms with Crippen molar-refractivity contribution in [2.75, 3.05) is 5.32 Å². The Hall–Kier alpha value is -1.17. The average molecular weight is 347 g/mol. The first-order chi connectivity index (χ1) is 8.61. The minimum atomic E-state index is 0.107. The maximum Gasteiger partial charge on any atom is 0.156 e. The molecular formula is C11H6BrCl2N3O. The Morgan fingerprint density at radius 3 is 2.72 bits per heavy atom. The predicted molar refractivity (Wildman–Crippen MR) is 74.9 cm³/mol. The first-order valence-corrected chi connectivity index (χ1v) is 6.34. The molecule has 0 radical (unpaired) electrons.